The van der Waals surface area contributed by atoms with E-state index in [0.717, 1.165) is 19.3 Å². The van der Waals surface area contributed by atoms with Gasteiger partial charge in [-0.3, -0.25) is 4.79 Å². The van der Waals surface area contributed by atoms with Crippen LogP contribution in [-0.4, -0.2) is 30.6 Å². The summed E-state index contributed by atoms with van der Waals surface area (Å²) in [6.07, 6.45) is 4.03. The summed E-state index contributed by atoms with van der Waals surface area (Å²) in [6.45, 7) is 1.89. The van der Waals surface area contributed by atoms with E-state index in [9.17, 15) is 9.59 Å². The van der Waals surface area contributed by atoms with Gasteiger partial charge in [-0.2, -0.15) is 0 Å². The second-order valence-corrected chi connectivity index (χ2v) is 5.95. The topological polar surface area (TPSA) is 64.6 Å². The highest BCUT2D eigenvalue weighted by Gasteiger charge is 2.43. The van der Waals surface area contributed by atoms with Gasteiger partial charge in [-0.05, 0) is 31.4 Å². The van der Waals surface area contributed by atoms with Gasteiger partial charge in [0.05, 0.1) is 7.11 Å². The van der Waals surface area contributed by atoms with E-state index in [1.807, 2.05) is 37.3 Å². The molecule has 1 amide bonds. The van der Waals surface area contributed by atoms with Crippen LogP contribution in [0.4, 0.5) is 0 Å². The first kappa shape index (κ1) is 17.3. The molecule has 23 heavy (non-hydrogen) atoms. The fraction of sp³-hybridized carbons (Fsp3) is 0.556. The quantitative estimate of drug-likeness (QED) is 0.819. The molecular weight excluding hydrogens is 294 g/mol. The van der Waals surface area contributed by atoms with E-state index in [2.05, 4.69) is 5.32 Å². The average Bonchev–Trinajstić information content (AvgIpc) is 2.60. The van der Waals surface area contributed by atoms with Crippen molar-refractivity contribution in [1.82, 2.24) is 5.32 Å². The number of ether oxygens (including phenoxy) is 2. The van der Waals surface area contributed by atoms with Crippen LogP contribution >= 0.6 is 0 Å². The Labute approximate surface area is 137 Å². The van der Waals surface area contributed by atoms with E-state index in [0.29, 0.717) is 25.0 Å². The number of para-hydroxylation sites is 1. The molecule has 0 saturated heterocycles. The van der Waals surface area contributed by atoms with E-state index in [1.54, 1.807) is 0 Å². The molecule has 0 heterocycles. The van der Waals surface area contributed by atoms with Crippen LogP contribution in [0.25, 0.3) is 0 Å². The number of hydrogen-bond donors (Lipinski definition) is 1. The molecule has 1 aliphatic carbocycles. The van der Waals surface area contributed by atoms with Crippen LogP contribution in [0.3, 0.4) is 0 Å². The van der Waals surface area contributed by atoms with Crippen molar-refractivity contribution in [3.63, 3.8) is 0 Å². The second kappa shape index (κ2) is 7.99. The summed E-state index contributed by atoms with van der Waals surface area (Å²) in [7, 11) is 1.36. The highest BCUT2D eigenvalue weighted by molar-refractivity contribution is 5.90. The smallest absolute Gasteiger partial charge is 0.331 e. The molecule has 5 heteroatoms. The first-order valence-electron chi connectivity index (χ1n) is 8.23. The molecule has 0 spiro atoms. The Morgan fingerprint density at radius 2 is 1.83 bits per heavy atom. The maximum Gasteiger partial charge on any atom is 0.331 e. The predicted molar refractivity (Wildman–Crippen MR) is 87.1 cm³/mol. The first-order chi connectivity index (χ1) is 11.1. The number of amides is 1. The van der Waals surface area contributed by atoms with Crippen molar-refractivity contribution in [1.29, 1.82) is 0 Å². The highest BCUT2D eigenvalue weighted by atomic mass is 16.5. The molecule has 1 fully saturated rings. The van der Waals surface area contributed by atoms with Gasteiger partial charge in [-0.25, -0.2) is 4.79 Å². The molecule has 1 aliphatic rings. The summed E-state index contributed by atoms with van der Waals surface area (Å²) in [5.74, 6) is 0.0222. The Morgan fingerprint density at radius 3 is 2.39 bits per heavy atom. The zero-order valence-electron chi connectivity index (χ0n) is 13.8. The van der Waals surface area contributed by atoms with Gasteiger partial charge < -0.3 is 14.8 Å². The van der Waals surface area contributed by atoms with Crippen molar-refractivity contribution in [2.45, 2.75) is 57.1 Å². The summed E-state index contributed by atoms with van der Waals surface area (Å²) in [4.78, 5) is 24.8. The van der Waals surface area contributed by atoms with E-state index in [1.165, 1.54) is 7.11 Å². The number of benzene rings is 1. The molecule has 1 aromatic rings. The number of carbonyl (C=O) groups excluding carboxylic acids is 2. The van der Waals surface area contributed by atoms with E-state index >= 15 is 0 Å². The third-order valence-corrected chi connectivity index (χ3v) is 4.33. The van der Waals surface area contributed by atoms with Crippen molar-refractivity contribution in [3.05, 3.63) is 30.3 Å². The molecule has 2 rings (SSSR count). The Bertz CT molecular complexity index is 523. The average molecular weight is 319 g/mol. The Morgan fingerprint density at radius 1 is 1.17 bits per heavy atom. The first-order valence-corrected chi connectivity index (χ1v) is 8.23. The summed E-state index contributed by atoms with van der Waals surface area (Å²) >= 11 is 0. The molecule has 1 aromatic carbocycles. The number of esters is 1. The lowest BCUT2D eigenvalue weighted by Gasteiger charge is -2.36. The molecule has 5 nitrogen and oxygen atoms in total. The second-order valence-electron chi connectivity index (χ2n) is 5.95. The van der Waals surface area contributed by atoms with Crippen LogP contribution in [0, 0.1) is 0 Å². The lowest BCUT2D eigenvalue weighted by Crippen LogP contribution is -2.58. The minimum absolute atomic E-state index is 0.261. The van der Waals surface area contributed by atoms with Crippen molar-refractivity contribution in [2.24, 2.45) is 0 Å². The number of nitrogens with one attached hydrogen (secondary N) is 1. The molecule has 1 atom stereocenters. The number of hydrogen-bond acceptors (Lipinski definition) is 4. The van der Waals surface area contributed by atoms with Crippen molar-refractivity contribution < 1.29 is 19.1 Å². The predicted octanol–water partition coefficient (Wildman–Crippen LogP) is 2.84. The summed E-state index contributed by atoms with van der Waals surface area (Å²) in [6, 6.07) is 9.23. The minimum Gasteiger partial charge on any atom is -0.481 e. The molecule has 1 N–H and O–H groups in total. The summed E-state index contributed by atoms with van der Waals surface area (Å²) in [5, 5.41) is 2.92. The molecular formula is C18H25NO4. The Hall–Kier alpha value is -2.04. The zero-order valence-corrected chi connectivity index (χ0v) is 13.8. The third-order valence-electron chi connectivity index (χ3n) is 4.33. The fourth-order valence-corrected chi connectivity index (χ4v) is 3.03. The van der Waals surface area contributed by atoms with Crippen LogP contribution in [0.2, 0.25) is 0 Å². The molecule has 1 unspecified atom stereocenters. The molecule has 0 aromatic heterocycles. The molecule has 0 radical (unpaired) electrons. The fourth-order valence-electron chi connectivity index (χ4n) is 3.03. The van der Waals surface area contributed by atoms with Crippen LogP contribution in [-0.2, 0) is 14.3 Å². The normalized spacial score (nSPS) is 17.8. The Kier molecular flexibility index (Phi) is 6.02. The molecule has 0 aliphatic heterocycles. The van der Waals surface area contributed by atoms with Crippen LogP contribution in [0.15, 0.2) is 30.3 Å². The van der Waals surface area contributed by atoms with Crippen LogP contribution in [0.5, 0.6) is 5.75 Å². The van der Waals surface area contributed by atoms with Crippen molar-refractivity contribution in [2.75, 3.05) is 7.11 Å². The SMILES string of the molecule is CCC(Oc1ccccc1)C(=O)NC1(C(=O)OC)CCCCC1. The maximum absolute atomic E-state index is 12.6. The molecule has 1 saturated carbocycles. The van der Waals surface area contributed by atoms with Gasteiger partial charge in [0.2, 0.25) is 0 Å². The summed E-state index contributed by atoms with van der Waals surface area (Å²) in [5.41, 5.74) is -0.905. The third kappa shape index (κ3) is 4.24. The zero-order chi connectivity index (χ0) is 16.7. The monoisotopic (exact) mass is 319 g/mol. The van der Waals surface area contributed by atoms with Crippen LogP contribution in [0.1, 0.15) is 45.4 Å². The standard InChI is InChI=1S/C18H25NO4/c1-3-15(23-14-10-6-4-7-11-14)16(20)19-18(17(21)22-2)12-8-5-9-13-18/h4,6-7,10-11,15H,3,5,8-9,12-13H2,1-2H3,(H,19,20). The van der Waals surface area contributed by atoms with Gasteiger partial charge in [0, 0.05) is 0 Å². The van der Waals surface area contributed by atoms with Gasteiger partial charge >= 0.3 is 5.97 Å². The largest absolute Gasteiger partial charge is 0.481 e. The minimum atomic E-state index is -0.905. The van der Waals surface area contributed by atoms with Gasteiger partial charge in [0.25, 0.3) is 5.91 Å². The lowest BCUT2D eigenvalue weighted by atomic mass is 9.81. The van der Waals surface area contributed by atoms with E-state index < -0.39 is 11.6 Å². The Balaban J connectivity index is 2.08. The number of rotatable bonds is 6. The van der Waals surface area contributed by atoms with Gasteiger partial charge in [0.15, 0.2) is 6.10 Å². The molecule has 126 valence electrons. The van der Waals surface area contributed by atoms with Gasteiger partial charge in [0.1, 0.15) is 11.3 Å². The van der Waals surface area contributed by atoms with Crippen molar-refractivity contribution in [3.8, 4) is 5.75 Å². The van der Waals surface area contributed by atoms with Crippen LogP contribution < -0.4 is 10.1 Å². The molecule has 0 bridgehead atoms. The van der Waals surface area contributed by atoms with Gasteiger partial charge in [-0.15, -0.1) is 0 Å². The number of carbonyl (C=O) groups is 2. The summed E-state index contributed by atoms with van der Waals surface area (Å²) < 4.78 is 10.7. The van der Waals surface area contributed by atoms with E-state index in [-0.39, 0.29) is 11.9 Å². The van der Waals surface area contributed by atoms with E-state index in [4.69, 9.17) is 9.47 Å². The van der Waals surface area contributed by atoms with Gasteiger partial charge in [-0.1, -0.05) is 44.4 Å². The highest BCUT2D eigenvalue weighted by Crippen LogP contribution is 2.29. The lowest BCUT2D eigenvalue weighted by molar-refractivity contribution is -0.153. The van der Waals surface area contributed by atoms with Crippen molar-refractivity contribution >= 4 is 11.9 Å². The maximum atomic E-state index is 12.6. The number of methoxy groups -OCH3 is 1.